The Morgan fingerprint density at radius 1 is 1.31 bits per heavy atom. The van der Waals surface area contributed by atoms with Crippen LogP contribution in [-0.4, -0.2) is 48.4 Å². The number of hydrogen-bond acceptors (Lipinski definition) is 8. The Morgan fingerprint density at radius 3 is 2.75 bits per heavy atom. The molecule has 1 fully saturated rings. The summed E-state index contributed by atoms with van der Waals surface area (Å²) in [7, 11) is 0. The van der Waals surface area contributed by atoms with Crippen molar-refractivity contribution >= 4 is 41.0 Å². The Balaban J connectivity index is 2.06. The summed E-state index contributed by atoms with van der Waals surface area (Å²) in [4.78, 5) is 40.6. The van der Waals surface area contributed by atoms with E-state index in [1.165, 1.54) is 18.2 Å². The predicted molar refractivity (Wildman–Crippen MR) is 121 cm³/mol. The SMILES string of the molecule is CC(C)(C)OC(=O)CNC(=O)Oc1cc(F)ccc1/C=C1/SC(=NCCCCN)NC1=O. The molecule has 2 amide bonds. The van der Waals surface area contributed by atoms with Gasteiger partial charge in [0.15, 0.2) is 5.17 Å². The Bertz CT molecular complexity index is 927. The van der Waals surface area contributed by atoms with Gasteiger partial charge in [0.1, 0.15) is 23.7 Å². The Kier molecular flexibility index (Phi) is 9.21. The first-order valence-corrected chi connectivity index (χ1v) is 10.8. The van der Waals surface area contributed by atoms with Gasteiger partial charge in [0.2, 0.25) is 0 Å². The average Bonchev–Trinajstić information content (AvgIpc) is 3.04. The fraction of sp³-hybridized carbons (Fsp3) is 0.429. The molecule has 1 saturated heterocycles. The number of thioether (sulfide) groups is 1. The summed E-state index contributed by atoms with van der Waals surface area (Å²) in [6, 6.07) is 3.57. The molecule has 0 bridgehead atoms. The molecule has 1 aliphatic rings. The number of rotatable bonds is 8. The van der Waals surface area contributed by atoms with E-state index in [1.807, 2.05) is 0 Å². The van der Waals surface area contributed by atoms with E-state index in [4.69, 9.17) is 15.2 Å². The third-order valence-electron chi connectivity index (χ3n) is 3.78. The number of nitrogens with two attached hydrogens (primary N) is 1. The van der Waals surface area contributed by atoms with E-state index in [2.05, 4.69) is 15.6 Å². The number of aliphatic imine (C=N–C) groups is 1. The summed E-state index contributed by atoms with van der Waals surface area (Å²) >= 11 is 1.13. The zero-order valence-corrected chi connectivity index (χ0v) is 19.0. The van der Waals surface area contributed by atoms with E-state index in [0.29, 0.717) is 28.7 Å². The minimum absolute atomic E-state index is 0.110. The van der Waals surface area contributed by atoms with Crippen LogP contribution < -0.4 is 21.1 Å². The van der Waals surface area contributed by atoms with Gasteiger partial charge in [-0.25, -0.2) is 9.18 Å². The molecule has 1 aromatic carbocycles. The lowest BCUT2D eigenvalue weighted by atomic mass is 10.2. The van der Waals surface area contributed by atoms with Crippen LogP contribution in [0.4, 0.5) is 9.18 Å². The first-order chi connectivity index (χ1) is 15.1. The average molecular weight is 467 g/mol. The van der Waals surface area contributed by atoms with Crippen molar-refractivity contribution in [1.29, 1.82) is 0 Å². The van der Waals surface area contributed by atoms with Crippen molar-refractivity contribution in [3.05, 3.63) is 34.5 Å². The zero-order valence-electron chi connectivity index (χ0n) is 18.2. The summed E-state index contributed by atoms with van der Waals surface area (Å²) < 4.78 is 24.0. The molecule has 0 atom stereocenters. The molecular weight excluding hydrogens is 439 g/mol. The zero-order chi connectivity index (χ0) is 23.7. The lowest BCUT2D eigenvalue weighted by Crippen LogP contribution is -2.36. The molecule has 9 nitrogen and oxygen atoms in total. The van der Waals surface area contributed by atoms with Crippen molar-refractivity contribution < 1.29 is 28.2 Å². The van der Waals surface area contributed by atoms with Gasteiger partial charge < -0.3 is 25.8 Å². The molecule has 0 aliphatic carbocycles. The van der Waals surface area contributed by atoms with Gasteiger partial charge in [-0.2, -0.15) is 0 Å². The quantitative estimate of drug-likeness (QED) is 0.305. The monoisotopic (exact) mass is 466 g/mol. The summed E-state index contributed by atoms with van der Waals surface area (Å²) in [5, 5.41) is 5.36. The van der Waals surface area contributed by atoms with Crippen LogP contribution in [0.15, 0.2) is 28.1 Å². The number of amides is 2. The van der Waals surface area contributed by atoms with E-state index >= 15 is 0 Å². The highest BCUT2D eigenvalue weighted by atomic mass is 32.2. The first kappa shape index (κ1) is 25.3. The van der Waals surface area contributed by atoms with Crippen LogP contribution in [-0.2, 0) is 14.3 Å². The van der Waals surface area contributed by atoms with Crippen LogP contribution >= 0.6 is 11.8 Å². The summed E-state index contributed by atoms with van der Waals surface area (Å²) in [6.45, 7) is 5.80. The molecule has 1 heterocycles. The topological polar surface area (TPSA) is 132 Å². The minimum atomic E-state index is -0.966. The molecule has 1 aliphatic heterocycles. The summed E-state index contributed by atoms with van der Waals surface area (Å²) in [5.41, 5.74) is 5.06. The van der Waals surface area contributed by atoms with Gasteiger partial charge in [0.05, 0.1) is 4.91 Å². The van der Waals surface area contributed by atoms with Gasteiger partial charge in [-0.1, -0.05) is 0 Å². The lowest BCUT2D eigenvalue weighted by Gasteiger charge is -2.19. The molecule has 32 heavy (non-hydrogen) atoms. The molecule has 4 N–H and O–H groups in total. The van der Waals surface area contributed by atoms with Crippen LogP contribution in [0.1, 0.15) is 39.2 Å². The van der Waals surface area contributed by atoms with Crippen LogP contribution in [0.5, 0.6) is 5.75 Å². The Labute approximate surface area is 190 Å². The molecule has 0 saturated carbocycles. The van der Waals surface area contributed by atoms with Gasteiger partial charge in [0, 0.05) is 18.2 Å². The molecular formula is C21H27FN4O5S. The molecule has 0 spiro atoms. The van der Waals surface area contributed by atoms with E-state index in [1.54, 1.807) is 20.8 Å². The molecule has 0 radical (unpaired) electrons. The van der Waals surface area contributed by atoms with Crippen LogP contribution in [0.2, 0.25) is 0 Å². The molecule has 0 aromatic heterocycles. The fourth-order valence-corrected chi connectivity index (χ4v) is 3.29. The summed E-state index contributed by atoms with van der Waals surface area (Å²) in [5.74, 6) is -1.75. The van der Waals surface area contributed by atoms with Crippen LogP contribution in [0.3, 0.4) is 0 Å². The number of carbonyl (C=O) groups excluding carboxylic acids is 3. The molecule has 2 rings (SSSR count). The van der Waals surface area contributed by atoms with E-state index in [-0.39, 0.29) is 11.7 Å². The number of halogens is 1. The third kappa shape index (κ3) is 8.67. The van der Waals surface area contributed by atoms with Gasteiger partial charge in [-0.15, -0.1) is 0 Å². The Hall–Kier alpha value is -2.92. The highest BCUT2D eigenvalue weighted by Crippen LogP contribution is 2.30. The number of esters is 1. The normalized spacial score (nSPS) is 16.2. The van der Waals surface area contributed by atoms with Crippen molar-refractivity contribution in [1.82, 2.24) is 10.6 Å². The Morgan fingerprint density at radius 2 is 2.06 bits per heavy atom. The second-order valence-corrected chi connectivity index (χ2v) is 8.79. The van der Waals surface area contributed by atoms with Crippen molar-refractivity contribution in [3.63, 3.8) is 0 Å². The number of nitrogens with one attached hydrogen (secondary N) is 2. The number of hydrogen-bond donors (Lipinski definition) is 3. The lowest BCUT2D eigenvalue weighted by molar-refractivity contribution is -0.153. The number of amidine groups is 1. The number of benzene rings is 1. The van der Waals surface area contributed by atoms with E-state index in [0.717, 1.165) is 30.7 Å². The molecule has 1 aromatic rings. The highest BCUT2D eigenvalue weighted by Gasteiger charge is 2.24. The minimum Gasteiger partial charge on any atom is -0.459 e. The smallest absolute Gasteiger partial charge is 0.413 e. The van der Waals surface area contributed by atoms with Crippen molar-refractivity contribution in [3.8, 4) is 5.75 Å². The molecule has 174 valence electrons. The molecule has 0 unspecified atom stereocenters. The second kappa shape index (κ2) is 11.6. The van der Waals surface area contributed by atoms with Crippen LogP contribution in [0.25, 0.3) is 6.08 Å². The van der Waals surface area contributed by atoms with Crippen molar-refractivity contribution in [2.24, 2.45) is 10.7 Å². The largest absolute Gasteiger partial charge is 0.459 e. The van der Waals surface area contributed by atoms with E-state index in [9.17, 15) is 18.8 Å². The van der Waals surface area contributed by atoms with Gasteiger partial charge in [0.25, 0.3) is 5.91 Å². The molecule has 11 heteroatoms. The highest BCUT2D eigenvalue weighted by molar-refractivity contribution is 8.18. The second-order valence-electron chi connectivity index (χ2n) is 7.76. The maximum absolute atomic E-state index is 13.7. The van der Waals surface area contributed by atoms with Gasteiger partial charge in [-0.3, -0.25) is 14.6 Å². The number of unbranched alkanes of at least 4 members (excludes halogenated alkanes) is 1. The third-order valence-corrected chi connectivity index (χ3v) is 4.73. The maximum Gasteiger partial charge on any atom is 0.413 e. The fourth-order valence-electron chi connectivity index (χ4n) is 2.45. The predicted octanol–water partition coefficient (Wildman–Crippen LogP) is 2.55. The van der Waals surface area contributed by atoms with Gasteiger partial charge in [-0.05, 0) is 70.1 Å². The van der Waals surface area contributed by atoms with Gasteiger partial charge >= 0.3 is 12.1 Å². The number of carbonyl (C=O) groups is 3. The maximum atomic E-state index is 13.7. The number of ether oxygens (including phenoxy) is 2. The number of nitrogens with zero attached hydrogens (tertiary/aromatic N) is 1. The standard InChI is InChI=1S/C21H27FN4O5S/c1-21(2,3)31-17(27)12-25-20(29)30-15-11-14(22)7-6-13(15)10-16-18(28)26-19(32-16)24-9-5-4-8-23/h6-7,10-11H,4-5,8-9,12,23H2,1-3H3,(H,25,29)(H,24,26,28)/b16-10+. The van der Waals surface area contributed by atoms with Crippen molar-refractivity contribution in [2.75, 3.05) is 19.6 Å². The van der Waals surface area contributed by atoms with Crippen molar-refractivity contribution in [2.45, 2.75) is 39.2 Å². The first-order valence-electron chi connectivity index (χ1n) is 10.00. The summed E-state index contributed by atoms with van der Waals surface area (Å²) in [6.07, 6.45) is 2.15. The van der Waals surface area contributed by atoms with Crippen LogP contribution in [0, 0.1) is 5.82 Å². The van der Waals surface area contributed by atoms with E-state index < -0.39 is 30.0 Å².